The van der Waals surface area contributed by atoms with Crippen molar-refractivity contribution in [2.75, 3.05) is 12.8 Å². The van der Waals surface area contributed by atoms with Gasteiger partial charge in [-0.2, -0.15) is 0 Å². The van der Waals surface area contributed by atoms with Gasteiger partial charge >= 0.3 is 0 Å². The minimum Gasteiger partial charge on any atom is -0.341 e. The largest absolute Gasteiger partial charge is 0.341 e. The standard InChI is InChI=1S/C19H19BrN4OS/c1-14-7-3-6-10-17(14)24-13-21-22-19(24)26-12-18(25)23(2)11-15-8-4-5-9-16(15)20/h3-10,13H,11-12H2,1-2H3. The third-order valence-corrected chi connectivity index (χ3v) is 5.71. The van der Waals surface area contributed by atoms with Crippen LogP contribution < -0.4 is 0 Å². The minimum atomic E-state index is 0.0464. The summed E-state index contributed by atoms with van der Waals surface area (Å²) in [4.78, 5) is 14.2. The van der Waals surface area contributed by atoms with Gasteiger partial charge in [0.2, 0.25) is 5.91 Å². The number of hydrogen-bond donors (Lipinski definition) is 0. The Kier molecular flexibility index (Phi) is 6.11. The van der Waals surface area contributed by atoms with Crippen molar-refractivity contribution >= 4 is 33.6 Å². The van der Waals surface area contributed by atoms with Crippen LogP contribution >= 0.6 is 27.7 Å². The predicted octanol–water partition coefficient (Wildman–Crippen LogP) is 4.09. The third-order valence-electron chi connectivity index (χ3n) is 4.01. The first-order chi connectivity index (χ1) is 12.6. The van der Waals surface area contributed by atoms with Crippen LogP contribution in [0.1, 0.15) is 11.1 Å². The molecule has 26 heavy (non-hydrogen) atoms. The maximum atomic E-state index is 12.5. The number of nitrogens with zero attached hydrogens (tertiary/aromatic N) is 4. The topological polar surface area (TPSA) is 51.0 Å². The summed E-state index contributed by atoms with van der Waals surface area (Å²) in [5.41, 5.74) is 3.23. The van der Waals surface area contributed by atoms with Crippen LogP contribution in [0, 0.1) is 6.92 Å². The van der Waals surface area contributed by atoms with Gasteiger partial charge in [-0.3, -0.25) is 9.36 Å². The van der Waals surface area contributed by atoms with Crippen molar-refractivity contribution in [3.63, 3.8) is 0 Å². The monoisotopic (exact) mass is 430 g/mol. The quantitative estimate of drug-likeness (QED) is 0.552. The first-order valence-corrected chi connectivity index (χ1v) is 9.90. The fraction of sp³-hybridized carbons (Fsp3) is 0.211. The normalized spacial score (nSPS) is 10.7. The van der Waals surface area contributed by atoms with Crippen LogP contribution in [0.4, 0.5) is 0 Å². The number of amides is 1. The summed E-state index contributed by atoms with van der Waals surface area (Å²) in [6, 6.07) is 16.0. The van der Waals surface area contributed by atoms with E-state index in [4.69, 9.17) is 0 Å². The second-order valence-corrected chi connectivity index (χ2v) is 7.70. The molecule has 1 heterocycles. The highest BCUT2D eigenvalue weighted by molar-refractivity contribution is 9.10. The molecule has 0 saturated carbocycles. The lowest BCUT2D eigenvalue weighted by Crippen LogP contribution is -2.28. The van der Waals surface area contributed by atoms with Crippen molar-refractivity contribution < 1.29 is 4.79 Å². The average molecular weight is 431 g/mol. The van der Waals surface area contributed by atoms with E-state index in [0.29, 0.717) is 17.5 Å². The molecule has 3 rings (SSSR count). The van der Waals surface area contributed by atoms with Crippen molar-refractivity contribution in [2.45, 2.75) is 18.6 Å². The lowest BCUT2D eigenvalue weighted by Gasteiger charge is -2.18. The highest BCUT2D eigenvalue weighted by atomic mass is 79.9. The van der Waals surface area contributed by atoms with Crippen LogP contribution in [0.3, 0.4) is 0 Å². The summed E-state index contributed by atoms with van der Waals surface area (Å²) in [6.07, 6.45) is 1.68. The van der Waals surface area contributed by atoms with Gasteiger partial charge in [-0.1, -0.05) is 64.1 Å². The Hall–Kier alpha value is -2.12. The lowest BCUT2D eigenvalue weighted by atomic mass is 10.2. The minimum absolute atomic E-state index is 0.0464. The highest BCUT2D eigenvalue weighted by Crippen LogP contribution is 2.22. The van der Waals surface area contributed by atoms with Gasteiger partial charge in [0.25, 0.3) is 0 Å². The molecular weight excluding hydrogens is 412 g/mol. The lowest BCUT2D eigenvalue weighted by molar-refractivity contribution is -0.127. The van der Waals surface area contributed by atoms with Gasteiger partial charge in [-0.15, -0.1) is 10.2 Å². The molecule has 0 fully saturated rings. The molecule has 0 spiro atoms. The number of para-hydroxylation sites is 1. The molecular formula is C19H19BrN4OS. The van der Waals surface area contributed by atoms with Crippen LogP contribution in [-0.4, -0.2) is 38.4 Å². The Balaban J connectivity index is 1.65. The van der Waals surface area contributed by atoms with Gasteiger partial charge in [-0.25, -0.2) is 0 Å². The number of carbonyl (C=O) groups excluding carboxylic acids is 1. The van der Waals surface area contributed by atoms with Crippen LogP contribution in [0.15, 0.2) is 64.5 Å². The van der Waals surface area contributed by atoms with E-state index in [1.54, 1.807) is 11.2 Å². The fourth-order valence-corrected chi connectivity index (χ4v) is 3.80. The van der Waals surface area contributed by atoms with Gasteiger partial charge in [-0.05, 0) is 30.2 Å². The molecule has 1 aromatic heterocycles. The van der Waals surface area contributed by atoms with Gasteiger partial charge in [0.05, 0.1) is 11.4 Å². The Morgan fingerprint density at radius 3 is 2.69 bits per heavy atom. The molecule has 5 nitrogen and oxygen atoms in total. The molecule has 3 aromatic rings. The molecule has 0 saturated heterocycles. The first kappa shape index (κ1) is 18.7. The molecule has 1 amide bonds. The number of benzene rings is 2. The fourth-order valence-electron chi connectivity index (χ4n) is 2.53. The van der Waals surface area contributed by atoms with E-state index in [2.05, 4.69) is 26.1 Å². The van der Waals surface area contributed by atoms with Gasteiger partial charge < -0.3 is 4.90 Å². The first-order valence-electron chi connectivity index (χ1n) is 8.12. The van der Waals surface area contributed by atoms with E-state index in [1.807, 2.05) is 67.1 Å². The van der Waals surface area contributed by atoms with E-state index in [0.717, 1.165) is 21.3 Å². The number of aryl methyl sites for hydroxylation is 1. The van der Waals surface area contributed by atoms with Gasteiger partial charge in [0, 0.05) is 18.1 Å². The summed E-state index contributed by atoms with van der Waals surface area (Å²) in [7, 11) is 1.81. The van der Waals surface area contributed by atoms with Crippen molar-refractivity contribution in [2.24, 2.45) is 0 Å². The molecule has 0 bridgehead atoms. The van der Waals surface area contributed by atoms with E-state index >= 15 is 0 Å². The molecule has 2 aromatic carbocycles. The Morgan fingerprint density at radius 1 is 1.19 bits per heavy atom. The molecule has 0 unspecified atom stereocenters. The zero-order valence-corrected chi connectivity index (χ0v) is 17.0. The zero-order valence-electron chi connectivity index (χ0n) is 14.6. The maximum Gasteiger partial charge on any atom is 0.233 e. The average Bonchev–Trinajstić information content (AvgIpc) is 3.10. The molecule has 134 valence electrons. The Morgan fingerprint density at radius 2 is 1.92 bits per heavy atom. The second kappa shape index (κ2) is 8.51. The summed E-state index contributed by atoms with van der Waals surface area (Å²) in [5.74, 6) is 0.357. The second-order valence-electron chi connectivity index (χ2n) is 5.90. The van der Waals surface area contributed by atoms with E-state index in [-0.39, 0.29) is 5.91 Å². The molecule has 0 aliphatic rings. The number of rotatable bonds is 6. The number of halogens is 1. The third kappa shape index (κ3) is 4.34. The SMILES string of the molecule is Cc1ccccc1-n1cnnc1SCC(=O)N(C)Cc1ccccc1Br. The van der Waals surface area contributed by atoms with E-state index < -0.39 is 0 Å². The van der Waals surface area contributed by atoms with Crippen molar-refractivity contribution in [3.8, 4) is 5.69 Å². The Bertz CT molecular complexity index is 912. The van der Waals surface area contributed by atoms with Crippen LogP contribution in [0.2, 0.25) is 0 Å². The van der Waals surface area contributed by atoms with Gasteiger partial charge in [0.15, 0.2) is 5.16 Å². The summed E-state index contributed by atoms with van der Waals surface area (Å²) in [6.45, 7) is 2.60. The number of thioether (sulfide) groups is 1. The van der Waals surface area contributed by atoms with Crippen LogP contribution in [-0.2, 0) is 11.3 Å². The van der Waals surface area contributed by atoms with E-state index in [9.17, 15) is 4.79 Å². The predicted molar refractivity (Wildman–Crippen MR) is 107 cm³/mol. The van der Waals surface area contributed by atoms with Gasteiger partial charge in [0.1, 0.15) is 6.33 Å². The van der Waals surface area contributed by atoms with Crippen molar-refractivity contribution in [1.29, 1.82) is 0 Å². The van der Waals surface area contributed by atoms with Crippen LogP contribution in [0.5, 0.6) is 0 Å². The molecule has 0 N–H and O–H groups in total. The number of carbonyl (C=O) groups is 1. The molecule has 0 aliphatic carbocycles. The molecule has 0 radical (unpaired) electrons. The smallest absolute Gasteiger partial charge is 0.233 e. The van der Waals surface area contributed by atoms with E-state index in [1.165, 1.54) is 11.8 Å². The molecule has 0 atom stereocenters. The summed E-state index contributed by atoms with van der Waals surface area (Å²) in [5, 5.41) is 8.87. The highest BCUT2D eigenvalue weighted by Gasteiger charge is 2.15. The summed E-state index contributed by atoms with van der Waals surface area (Å²) >= 11 is 4.92. The van der Waals surface area contributed by atoms with Crippen LogP contribution in [0.25, 0.3) is 5.69 Å². The maximum absolute atomic E-state index is 12.5. The van der Waals surface area contributed by atoms with Crippen molar-refractivity contribution in [3.05, 3.63) is 70.5 Å². The number of hydrogen-bond acceptors (Lipinski definition) is 4. The summed E-state index contributed by atoms with van der Waals surface area (Å²) < 4.78 is 2.92. The molecule has 0 aliphatic heterocycles. The number of aromatic nitrogens is 3. The molecule has 7 heteroatoms. The van der Waals surface area contributed by atoms with Crippen molar-refractivity contribution in [1.82, 2.24) is 19.7 Å². The Labute approximate surface area is 165 Å². The zero-order chi connectivity index (χ0) is 18.5.